The van der Waals surface area contributed by atoms with Crippen LogP contribution >= 0.6 is 25.4 Å². The maximum absolute atomic E-state index is 6.60. The molecule has 8 rings (SSSR count). The van der Waals surface area contributed by atoms with Crippen molar-refractivity contribution in [3.8, 4) is 34.5 Å². The van der Waals surface area contributed by atoms with Gasteiger partial charge >= 0.3 is 216 Å². The van der Waals surface area contributed by atoms with Crippen molar-refractivity contribution in [1.82, 2.24) is 0 Å². The first-order valence-electron chi connectivity index (χ1n) is 11.2. The van der Waals surface area contributed by atoms with Crippen molar-refractivity contribution in [2.24, 2.45) is 0 Å². The first-order chi connectivity index (χ1) is 17.9. The number of hydrogen-bond acceptors (Lipinski definition) is 9. The summed E-state index contributed by atoms with van der Waals surface area (Å²) < 4.78 is 39.9. The molecule has 0 saturated heterocycles. The third-order valence-electron chi connectivity index (χ3n) is 6.05. The van der Waals surface area contributed by atoms with Gasteiger partial charge in [-0.05, 0) is 0 Å². The summed E-state index contributed by atoms with van der Waals surface area (Å²) in [4.78, 5) is 10.4. The minimum absolute atomic E-state index is 0.526. The van der Waals surface area contributed by atoms with Crippen LogP contribution in [0.1, 0.15) is 0 Å². The number of hydrogen-bond donors (Lipinski definition) is 0. The van der Waals surface area contributed by atoms with Gasteiger partial charge in [-0.1, -0.05) is 0 Å². The second-order valence-corrected chi connectivity index (χ2v) is 15.6. The average molecular weight is 561 g/mol. The molecule has 0 bridgehead atoms. The van der Waals surface area contributed by atoms with E-state index >= 15 is 0 Å². The molecular formula is C25H19ClO9P2. The summed E-state index contributed by atoms with van der Waals surface area (Å²) in [6.45, 7) is -3.93. The summed E-state index contributed by atoms with van der Waals surface area (Å²) in [7, 11) is -2.43. The van der Waals surface area contributed by atoms with Gasteiger partial charge in [-0.3, -0.25) is 0 Å². The zero-order valence-corrected chi connectivity index (χ0v) is 21.7. The van der Waals surface area contributed by atoms with Gasteiger partial charge in [0.2, 0.25) is 0 Å². The van der Waals surface area contributed by atoms with Crippen LogP contribution in [0.3, 0.4) is 0 Å². The Labute approximate surface area is 216 Å². The Morgan fingerprint density at radius 2 is 0.919 bits per heavy atom. The standard InChI is InChI=1S/C13H11O5P.C12H8ClO4P/c1-14-19(13-9-5-4-8-12(13)15-18-19)16-10-6-2-3-7-11(10)17-19;13-18(12-8-4-3-7-11(12)14-17-18)15-9-5-1-2-6-10(9)16-18/h2-9H,1H3;1-8H. The fourth-order valence-corrected chi connectivity index (χ4v) is 10.4. The molecule has 37 heavy (non-hydrogen) atoms. The summed E-state index contributed by atoms with van der Waals surface area (Å²) in [5, 5.41) is 1.27. The molecule has 0 N–H and O–H groups in total. The van der Waals surface area contributed by atoms with E-state index in [1.54, 1.807) is 42.5 Å². The van der Waals surface area contributed by atoms with Gasteiger partial charge in [0, 0.05) is 0 Å². The van der Waals surface area contributed by atoms with Gasteiger partial charge < -0.3 is 0 Å². The van der Waals surface area contributed by atoms with Crippen LogP contribution in [0.2, 0.25) is 0 Å². The van der Waals surface area contributed by atoms with Crippen LogP contribution in [-0.4, -0.2) is 7.11 Å². The van der Waals surface area contributed by atoms with Gasteiger partial charge in [0.05, 0.1) is 0 Å². The molecule has 12 heteroatoms. The Balaban J connectivity index is 0.000000125. The average Bonchev–Trinajstić information content (AvgIpc) is 3.64. The molecule has 0 aromatic heterocycles. The number of benzene rings is 4. The number of fused-ring (bicyclic) bond motifs is 6. The fourth-order valence-electron chi connectivity index (χ4n) is 4.31. The molecule has 4 aromatic rings. The Bertz CT molecular complexity index is 1510. The van der Waals surface area contributed by atoms with Crippen LogP contribution in [0.15, 0.2) is 97.1 Å². The van der Waals surface area contributed by atoms with E-state index in [1.807, 2.05) is 54.6 Å². The van der Waals surface area contributed by atoms with Gasteiger partial charge in [-0.25, -0.2) is 0 Å². The van der Waals surface area contributed by atoms with E-state index in [-0.39, 0.29) is 0 Å². The SMILES string of the molecule is COP12(OOc3ccccc31)Oc1ccccc1O2.ClP12(OOc3ccccc31)Oc1ccccc1O2. The molecule has 190 valence electrons. The van der Waals surface area contributed by atoms with Gasteiger partial charge in [0.1, 0.15) is 0 Å². The van der Waals surface area contributed by atoms with Crippen LogP contribution in [0.4, 0.5) is 0 Å². The van der Waals surface area contributed by atoms with Gasteiger partial charge in [0.25, 0.3) is 0 Å². The van der Waals surface area contributed by atoms with Crippen molar-refractivity contribution in [2.45, 2.75) is 0 Å². The molecule has 4 heterocycles. The zero-order valence-electron chi connectivity index (χ0n) is 19.2. The van der Waals surface area contributed by atoms with Crippen LogP contribution in [0.25, 0.3) is 0 Å². The van der Waals surface area contributed by atoms with E-state index in [1.165, 1.54) is 7.11 Å². The van der Waals surface area contributed by atoms with E-state index in [2.05, 4.69) is 0 Å². The molecule has 0 amide bonds. The van der Waals surface area contributed by atoms with E-state index in [9.17, 15) is 0 Å². The quantitative estimate of drug-likeness (QED) is 0.191. The van der Waals surface area contributed by atoms with E-state index < -0.39 is 14.1 Å². The molecule has 4 aliphatic heterocycles. The van der Waals surface area contributed by atoms with E-state index in [0.717, 1.165) is 0 Å². The first kappa shape index (κ1) is 22.9. The molecule has 0 atom stereocenters. The maximum atomic E-state index is 6.60. The molecule has 0 fully saturated rings. The van der Waals surface area contributed by atoms with Crippen LogP contribution in [0, 0.1) is 0 Å². The summed E-state index contributed by atoms with van der Waals surface area (Å²) >= 11 is 6.60. The Morgan fingerprint density at radius 1 is 0.514 bits per heavy atom. The van der Waals surface area contributed by atoms with Gasteiger partial charge in [-0.15, -0.1) is 0 Å². The van der Waals surface area contributed by atoms with Crippen LogP contribution < -0.4 is 38.5 Å². The van der Waals surface area contributed by atoms with Crippen molar-refractivity contribution in [3.63, 3.8) is 0 Å². The Morgan fingerprint density at radius 3 is 1.46 bits per heavy atom. The van der Waals surface area contributed by atoms with Crippen molar-refractivity contribution < 1.29 is 41.7 Å². The molecule has 0 unspecified atom stereocenters. The van der Waals surface area contributed by atoms with Gasteiger partial charge in [0.15, 0.2) is 0 Å². The third-order valence-corrected chi connectivity index (χ3v) is 12.8. The topological polar surface area (TPSA) is 83.1 Å². The predicted octanol–water partition coefficient (Wildman–Crippen LogP) is 6.53. The number of rotatable bonds is 1. The fraction of sp³-hybridized carbons (Fsp3) is 0.0400. The molecule has 4 aliphatic rings. The summed E-state index contributed by atoms with van der Waals surface area (Å²) in [5.74, 6) is 3.37. The first-order valence-corrected chi connectivity index (χ1v) is 16.0. The van der Waals surface area contributed by atoms with Gasteiger partial charge in [-0.2, -0.15) is 0 Å². The molecule has 0 saturated carbocycles. The second kappa shape index (κ2) is 7.62. The summed E-state index contributed by atoms with van der Waals surface area (Å²) in [6, 6.07) is 29.1. The van der Waals surface area contributed by atoms with Crippen LogP contribution in [-0.2, 0) is 13.9 Å². The Hall–Kier alpha value is -3.29. The predicted molar refractivity (Wildman–Crippen MR) is 138 cm³/mol. The number of para-hydroxylation sites is 6. The molecule has 2 spiro atoms. The molecule has 0 aliphatic carbocycles. The van der Waals surface area contributed by atoms with Crippen LogP contribution in [0.5, 0.6) is 34.5 Å². The third kappa shape index (κ3) is 3.17. The number of halogens is 1. The molecular weight excluding hydrogens is 542 g/mol. The van der Waals surface area contributed by atoms with Crippen molar-refractivity contribution >= 4 is 36.0 Å². The van der Waals surface area contributed by atoms with E-state index in [4.69, 9.17) is 53.0 Å². The normalized spacial score (nSPS) is 22.5. The summed E-state index contributed by atoms with van der Waals surface area (Å²) in [6.07, 6.45) is 0. The monoisotopic (exact) mass is 560 g/mol. The van der Waals surface area contributed by atoms with Crippen molar-refractivity contribution in [3.05, 3.63) is 97.1 Å². The Kier molecular flexibility index (Phi) is 4.71. The summed E-state index contributed by atoms with van der Waals surface area (Å²) in [5.41, 5.74) is 0. The molecule has 0 radical (unpaired) electrons. The van der Waals surface area contributed by atoms with Crippen molar-refractivity contribution in [1.29, 1.82) is 0 Å². The molecule has 9 nitrogen and oxygen atoms in total. The zero-order chi connectivity index (χ0) is 25.2. The van der Waals surface area contributed by atoms with Crippen molar-refractivity contribution in [2.75, 3.05) is 7.11 Å². The second-order valence-electron chi connectivity index (χ2n) is 8.29. The minimum atomic E-state index is -3.93. The molecule has 4 aromatic carbocycles. The van der Waals surface area contributed by atoms with E-state index in [0.29, 0.717) is 45.1 Å².